The van der Waals surface area contributed by atoms with Gasteiger partial charge in [-0.15, -0.1) is 0 Å². The number of nitrogen functional groups attached to an aromatic ring is 1. The van der Waals surface area contributed by atoms with Gasteiger partial charge >= 0.3 is 0 Å². The Hall–Kier alpha value is -2.47. The van der Waals surface area contributed by atoms with Crippen molar-refractivity contribution in [3.63, 3.8) is 0 Å². The average molecular weight is 267 g/mol. The monoisotopic (exact) mass is 267 g/mol. The van der Waals surface area contributed by atoms with Gasteiger partial charge in [0.05, 0.1) is 29.8 Å². The summed E-state index contributed by atoms with van der Waals surface area (Å²) in [6.45, 7) is 1.57. The fraction of sp³-hybridized carbons (Fsp3) is 0.214. The Morgan fingerprint density at radius 1 is 1.20 bits per heavy atom. The molecule has 0 amide bonds. The maximum Gasteiger partial charge on any atom is 0.154 e. The molecular weight excluding hydrogens is 254 g/mol. The third kappa shape index (κ3) is 1.65. The van der Waals surface area contributed by atoms with Crippen LogP contribution in [0.1, 0.15) is 11.5 Å². The molecule has 100 valence electrons. The summed E-state index contributed by atoms with van der Waals surface area (Å²) in [7, 11) is 0. The molecule has 1 aliphatic heterocycles. The topological polar surface area (TPSA) is 89.7 Å². The van der Waals surface area contributed by atoms with E-state index in [1.54, 1.807) is 12.4 Å². The summed E-state index contributed by atoms with van der Waals surface area (Å²) < 4.78 is 5.20. The van der Waals surface area contributed by atoms with Gasteiger partial charge in [0.15, 0.2) is 5.82 Å². The summed E-state index contributed by atoms with van der Waals surface area (Å²) >= 11 is 0. The number of hydrogen-bond acceptors (Lipinski definition) is 5. The summed E-state index contributed by atoms with van der Waals surface area (Å²) in [5.41, 5.74) is 9.64. The van der Waals surface area contributed by atoms with Crippen LogP contribution in [0.3, 0.4) is 0 Å². The molecule has 0 aliphatic carbocycles. The van der Waals surface area contributed by atoms with Crippen molar-refractivity contribution in [3.8, 4) is 11.3 Å². The Morgan fingerprint density at radius 2 is 2.10 bits per heavy atom. The quantitative estimate of drug-likeness (QED) is 0.737. The molecule has 6 nitrogen and oxygen atoms in total. The van der Waals surface area contributed by atoms with Gasteiger partial charge in [0.2, 0.25) is 0 Å². The van der Waals surface area contributed by atoms with Crippen molar-refractivity contribution in [3.05, 3.63) is 36.3 Å². The van der Waals surface area contributed by atoms with E-state index in [1.807, 2.05) is 12.3 Å². The lowest BCUT2D eigenvalue weighted by Crippen LogP contribution is -2.25. The SMILES string of the molecule is Nc1n[nH]c2c(-c3ccc(C4COC4)cn3)cncc12. The number of hydrogen-bond donors (Lipinski definition) is 2. The fourth-order valence-electron chi connectivity index (χ4n) is 2.38. The zero-order chi connectivity index (χ0) is 13.5. The van der Waals surface area contributed by atoms with Crippen LogP contribution >= 0.6 is 0 Å². The molecule has 3 N–H and O–H groups in total. The number of anilines is 1. The number of nitrogens with two attached hydrogens (primary N) is 1. The second-order valence-electron chi connectivity index (χ2n) is 4.93. The molecule has 3 aromatic rings. The number of aromatic nitrogens is 4. The van der Waals surface area contributed by atoms with E-state index in [1.165, 1.54) is 5.56 Å². The Morgan fingerprint density at radius 3 is 2.80 bits per heavy atom. The predicted octanol–water partition coefficient (Wildman–Crippen LogP) is 1.72. The molecule has 0 aromatic carbocycles. The lowest BCUT2D eigenvalue weighted by molar-refractivity contribution is 0.00830. The van der Waals surface area contributed by atoms with Gasteiger partial charge in [0.1, 0.15) is 0 Å². The minimum absolute atomic E-state index is 0.456. The van der Waals surface area contributed by atoms with Gasteiger partial charge in [-0.1, -0.05) is 6.07 Å². The zero-order valence-electron chi connectivity index (χ0n) is 10.7. The minimum atomic E-state index is 0.456. The van der Waals surface area contributed by atoms with Crippen molar-refractivity contribution in [2.75, 3.05) is 18.9 Å². The summed E-state index contributed by atoms with van der Waals surface area (Å²) in [5, 5.41) is 7.78. The van der Waals surface area contributed by atoms with Gasteiger partial charge in [-0.3, -0.25) is 15.1 Å². The lowest BCUT2D eigenvalue weighted by atomic mass is 9.99. The van der Waals surface area contributed by atoms with Crippen molar-refractivity contribution in [2.24, 2.45) is 0 Å². The van der Waals surface area contributed by atoms with Crippen molar-refractivity contribution in [1.29, 1.82) is 0 Å². The Balaban J connectivity index is 1.78. The molecule has 0 radical (unpaired) electrons. The van der Waals surface area contributed by atoms with Gasteiger partial charge in [0.25, 0.3) is 0 Å². The number of fused-ring (bicyclic) bond motifs is 1. The number of nitrogens with zero attached hydrogens (tertiary/aromatic N) is 3. The van der Waals surface area contributed by atoms with E-state index in [0.29, 0.717) is 11.7 Å². The molecule has 0 atom stereocenters. The number of nitrogens with one attached hydrogen (secondary N) is 1. The van der Waals surface area contributed by atoms with Crippen LogP contribution in [-0.4, -0.2) is 33.4 Å². The maximum absolute atomic E-state index is 5.80. The van der Waals surface area contributed by atoms with E-state index in [9.17, 15) is 0 Å². The van der Waals surface area contributed by atoms with Crippen molar-refractivity contribution in [2.45, 2.75) is 5.92 Å². The number of rotatable bonds is 2. The minimum Gasteiger partial charge on any atom is -0.382 e. The number of aromatic amines is 1. The first-order valence-electron chi connectivity index (χ1n) is 6.44. The molecule has 6 heteroatoms. The first kappa shape index (κ1) is 11.4. The summed E-state index contributed by atoms with van der Waals surface area (Å²) in [6.07, 6.45) is 5.38. The van der Waals surface area contributed by atoms with Crippen LogP contribution in [0.2, 0.25) is 0 Å². The van der Waals surface area contributed by atoms with Crippen molar-refractivity contribution in [1.82, 2.24) is 20.2 Å². The fourth-order valence-corrected chi connectivity index (χ4v) is 2.38. The van der Waals surface area contributed by atoms with Gasteiger partial charge in [0, 0.05) is 30.1 Å². The van der Waals surface area contributed by atoms with Crippen LogP contribution < -0.4 is 5.73 Å². The van der Waals surface area contributed by atoms with E-state index in [2.05, 4.69) is 26.2 Å². The Labute approximate surface area is 115 Å². The molecule has 4 rings (SSSR count). The second-order valence-corrected chi connectivity index (χ2v) is 4.93. The van der Waals surface area contributed by atoms with E-state index in [0.717, 1.165) is 35.4 Å². The highest BCUT2D eigenvalue weighted by molar-refractivity contribution is 5.97. The van der Waals surface area contributed by atoms with E-state index >= 15 is 0 Å². The highest BCUT2D eigenvalue weighted by Crippen LogP contribution is 2.29. The molecule has 0 spiro atoms. The molecule has 20 heavy (non-hydrogen) atoms. The van der Waals surface area contributed by atoms with Crippen molar-refractivity contribution >= 4 is 16.7 Å². The van der Waals surface area contributed by atoms with Crippen LogP contribution in [0, 0.1) is 0 Å². The summed E-state index contributed by atoms with van der Waals surface area (Å²) in [5.74, 6) is 0.936. The third-order valence-corrected chi connectivity index (χ3v) is 3.68. The van der Waals surface area contributed by atoms with Crippen LogP contribution in [0.15, 0.2) is 30.7 Å². The number of ether oxygens (including phenoxy) is 1. The second kappa shape index (κ2) is 4.28. The van der Waals surface area contributed by atoms with Crippen LogP contribution in [0.25, 0.3) is 22.2 Å². The standard InChI is InChI=1S/C14H13N5O/c15-14-11-5-16-4-10(13(11)18-19-14)12-2-1-8(3-17-12)9-6-20-7-9/h1-5,9H,6-7H2,(H3,15,18,19). The highest BCUT2D eigenvalue weighted by atomic mass is 16.5. The highest BCUT2D eigenvalue weighted by Gasteiger charge is 2.20. The molecule has 1 fully saturated rings. The molecule has 4 heterocycles. The van der Waals surface area contributed by atoms with Gasteiger partial charge in [-0.2, -0.15) is 5.10 Å². The van der Waals surface area contributed by atoms with E-state index in [-0.39, 0.29) is 0 Å². The summed E-state index contributed by atoms with van der Waals surface area (Å²) in [6, 6.07) is 4.09. The molecule has 0 unspecified atom stereocenters. The molecular formula is C14H13N5O. The normalized spacial score (nSPS) is 15.4. The molecule has 1 aliphatic rings. The van der Waals surface area contributed by atoms with E-state index < -0.39 is 0 Å². The number of pyridine rings is 2. The number of H-pyrrole nitrogens is 1. The first-order chi connectivity index (χ1) is 9.83. The maximum atomic E-state index is 5.80. The molecule has 1 saturated heterocycles. The molecule has 0 bridgehead atoms. The van der Waals surface area contributed by atoms with Crippen molar-refractivity contribution < 1.29 is 4.74 Å². The average Bonchev–Trinajstić information content (AvgIpc) is 2.80. The molecule has 0 saturated carbocycles. The molecule has 3 aromatic heterocycles. The predicted molar refractivity (Wildman–Crippen MR) is 75.1 cm³/mol. The smallest absolute Gasteiger partial charge is 0.154 e. The van der Waals surface area contributed by atoms with Gasteiger partial charge < -0.3 is 10.5 Å². The van der Waals surface area contributed by atoms with Gasteiger partial charge in [-0.25, -0.2) is 0 Å². The third-order valence-electron chi connectivity index (χ3n) is 3.68. The Bertz CT molecular complexity index is 761. The summed E-state index contributed by atoms with van der Waals surface area (Å²) in [4.78, 5) is 8.73. The van der Waals surface area contributed by atoms with E-state index in [4.69, 9.17) is 10.5 Å². The van der Waals surface area contributed by atoms with Crippen LogP contribution in [0.5, 0.6) is 0 Å². The largest absolute Gasteiger partial charge is 0.382 e. The van der Waals surface area contributed by atoms with Crippen LogP contribution in [-0.2, 0) is 4.74 Å². The van der Waals surface area contributed by atoms with Crippen LogP contribution in [0.4, 0.5) is 5.82 Å². The van der Waals surface area contributed by atoms with Gasteiger partial charge in [-0.05, 0) is 11.6 Å². The lowest BCUT2D eigenvalue weighted by Gasteiger charge is -2.25. The Kier molecular flexibility index (Phi) is 2.43. The zero-order valence-corrected chi connectivity index (χ0v) is 10.7. The first-order valence-corrected chi connectivity index (χ1v) is 6.44.